The van der Waals surface area contributed by atoms with Crippen LogP contribution in [0.2, 0.25) is 0 Å². The summed E-state index contributed by atoms with van der Waals surface area (Å²) in [4.78, 5) is 9.29. The highest BCUT2D eigenvalue weighted by Crippen LogP contribution is 2.29. The first-order chi connectivity index (χ1) is 14.4. The van der Waals surface area contributed by atoms with Crippen LogP contribution in [0.1, 0.15) is 18.7 Å². The second kappa shape index (κ2) is 11.9. The van der Waals surface area contributed by atoms with Gasteiger partial charge in [0.25, 0.3) is 0 Å². The van der Waals surface area contributed by atoms with E-state index in [2.05, 4.69) is 20.9 Å². The SMILES string of the molecule is CN(C)S(=O)[O-].CNCCCCn1c(CCOC)nc2c(N)nc3ccccc3c21. The average Bonchev–Trinajstić information content (AvgIpc) is 3.09. The van der Waals surface area contributed by atoms with Gasteiger partial charge in [0.15, 0.2) is 5.82 Å². The smallest absolute Gasteiger partial charge is 0.152 e. The molecular weight excluding hydrogens is 404 g/mol. The molecule has 3 aromatic rings. The first-order valence-corrected chi connectivity index (χ1v) is 10.9. The Morgan fingerprint density at radius 1 is 1.27 bits per heavy atom. The largest absolute Gasteiger partial charge is 0.760 e. The number of anilines is 1. The Morgan fingerprint density at radius 2 is 1.97 bits per heavy atom. The fourth-order valence-electron chi connectivity index (χ4n) is 3.10. The van der Waals surface area contributed by atoms with Gasteiger partial charge in [0.05, 0.1) is 17.6 Å². The molecule has 3 rings (SSSR count). The maximum atomic E-state index is 9.62. The predicted octanol–water partition coefficient (Wildman–Crippen LogP) is 1.70. The summed E-state index contributed by atoms with van der Waals surface area (Å²) in [6.07, 6.45) is 2.98. The Kier molecular flexibility index (Phi) is 9.60. The standard InChI is InChI=1S/C18H25N5O.C2H7NO2S/c1-20-10-5-6-11-23-15(9-12-24-2)22-16-17(23)13-7-3-4-8-14(13)21-18(16)19;1-3(2)6(4)5/h3-4,7-8,20H,5-6,9-12H2,1-2H3,(H2,19,21);1-2H3,(H,4,5)/p-1. The Morgan fingerprint density at radius 3 is 2.60 bits per heavy atom. The lowest BCUT2D eigenvalue weighted by Gasteiger charge is -2.11. The van der Waals surface area contributed by atoms with Crippen molar-refractivity contribution in [2.45, 2.75) is 25.8 Å². The van der Waals surface area contributed by atoms with Crippen molar-refractivity contribution in [1.82, 2.24) is 24.2 Å². The number of nitrogens with two attached hydrogens (primary N) is 1. The minimum Gasteiger partial charge on any atom is -0.760 e. The molecule has 0 amide bonds. The first kappa shape index (κ1) is 24.2. The van der Waals surface area contributed by atoms with Crippen LogP contribution in [-0.2, 0) is 29.0 Å². The number of methoxy groups -OCH3 is 1. The molecule has 0 radical (unpaired) electrons. The van der Waals surface area contributed by atoms with E-state index in [0.29, 0.717) is 12.4 Å². The van der Waals surface area contributed by atoms with E-state index in [4.69, 9.17) is 15.5 Å². The monoisotopic (exact) mass is 435 g/mol. The van der Waals surface area contributed by atoms with Crippen LogP contribution in [0, 0.1) is 0 Å². The second-order valence-electron chi connectivity index (χ2n) is 6.97. The molecule has 2 aromatic heterocycles. The summed E-state index contributed by atoms with van der Waals surface area (Å²) in [5.41, 5.74) is 8.99. The van der Waals surface area contributed by atoms with Gasteiger partial charge in [-0.1, -0.05) is 18.2 Å². The molecule has 9 nitrogen and oxygen atoms in total. The van der Waals surface area contributed by atoms with E-state index in [-0.39, 0.29) is 0 Å². The fraction of sp³-hybridized carbons (Fsp3) is 0.500. The molecule has 30 heavy (non-hydrogen) atoms. The van der Waals surface area contributed by atoms with Gasteiger partial charge in [0.1, 0.15) is 11.3 Å². The molecule has 10 heteroatoms. The van der Waals surface area contributed by atoms with Crippen molar-refractivity contribution in [3.05, 3.63) is 30.1 Å². The van der Waals surface area contributed by atoms with Crippen molar-refractivity contribution < 1.29 is 13.5 Å². The van der Waals surface area contributed by atoms with Gasteiger partial charge in [0, 0.05) is 36.7 Å². The van der Waals surface area contributed by atoms with Crippen LogP contribution in [0.3, 0.4) is 0 Å². The number of nitrogens with zero attached hydrogens (tertiary/aromatic N) is 4. The summed E-state index contributed by atoms with van der Waals surface area (Å²) < 4.78 is 27.9. The van der Waals surface area contributed by atoms with Crippen molar-refractivity contribution in [1.29, 1.82) is 0 Å². The van der Waals surface area contributed by atoms with Gasteiger partial charge < -0.3 is 24.9 Å². The maximum Gasteiger partial charge on any atom is 0.152 e. The Balaban J connectivity index is 0.000000469. The molecular formula is C20H31N6O3S-. The molecule has 0 aliphatic heterocycles. The van der Waals surface area contributed by atoms with Crippen molar-refractivity contribution in [3.63, 3.8) is 0 Å². The number of nitrogen functional groups attached to an aromatic ring is 1. The van der Waals surface area contributed by atoms with Crippen LogP contribution in [0.25, 0.3) is 21.9 Å². The Bertz CT molecular complexity index is 976. The van der Waals surface area contributed by atoms with Crippen LogP contribution in [0.15, 0.2) is 24.3 Å². The predicted molar refractivity (Wildman–Crippen MR) is 121 cm³/mol. The quantitative estimate of drug-likeness (QED) is 0.387. The zero-order chi connectivity index (χ0) is 22.1. The Hall–Kier alpha value is -2.11. The van der Waals surface area contributed by atoms with Gasteiger partial charge in [-0.05, 0) is 46.6 Å². The van der Waals surface area contributed by atoms with E-state index < -0.39 is 11.3 Å². The number of unbranched alkanes of at least 4 members (excludes halogenated alkanes) is 1. The van der Waals surface area contributed by atoms with Gasteiger partial charge in [0.2, 0.25) is 0 Å². The molecule has 0 saturated carbocycles. The minimum absolute atomic E-state index is 0.497. The van der Waals surface area contributed by atoms with E-state index in [1.165, 1.54) is 14.1 Å². The molecule has 1 aromatic carbocycles. The van der Waals surface area contributed by atoms with E-state index in [1.807, 2.05) is 25.2 Å². The first-order valence-electron chi connectivity index (χ1n) is 9.84. The molecule has 0 bridgehead atoms. The maximum absolute atomic E-state index is 9.62. The number of aryl methyl sites for hydroxylation is 1. The zero-order valence-corrected chi connectivity index (χ0v) is 18.9. The minimum atomic E-state index is -2.03. The van der Waals surface area contributed by atoms with Crippen LogP contribution < -0.4 is 11.1 Å². The van der Waals surface area contributed by atoms with Crippen LogP contribution in [0.5, 0.6) is 0 Å². The van der Waals surface area contributed by atoms with Crippen molar-refractivity contribution >= 4 is 39.0 Å². The van der Waals surface area contributed by atoms with Gasteiger partial charge in [-0.3, -0.25) is 4.21 Å². The molecule has 0 spiro atoms. The third kappa shape index (κ3) is 6.19. The molecule has 0 aliphatic rings. The highest BCUT2D eigenvalue weighted by molar-refractivity contribution is 7.76. The topological polar surface area (TPSA) is 121 Å². The van der Waals surface area contributed by atoms with Crippen LogP contribution in [0.4, 0.5) is 5.82 Å². The van der Waals surface area contributed by atoms with Gasteiger partial charge in [-0.15, -0.1) is 0 Å². The van der Waals surface area contributed by atoms with Gasteiger partial charge >= 0.3 is 0 Å². The highest BCUT2D eigenvalue weighted by atomic mass is 32.2. The zero-order valence-electron chi connectivity index (χ0n) is 18.1. The molecule has 0 saturated heterocycles. The number of imidazole rings is 1. The molecule has 166 valence electrons. The number of benzene rings is 1. The number of ether oxygens (including phenoxy) is 1. The molecule has 1 unspecified atom stereocenters. The molecule has 1 atom stereocenters. The normalized spacial score (nSPS) is 12.3. The third-order valence-electron chi connectivity index (χ3n) is 4.58. The van der Waals surface area contributed by atoms with Gasteiger partial charge in [-0.25, -0.2) is 14.3 Å². The summed E-state index contributed by atoms with van der Waals surface area (Å²) in [6.45, 7) is 2.58. The number of hydrogen-bond acceptors (Lipinski definition) is 7. The number of pyridine rings is 1. The summed E-state index contributed by atoms with van der Waals surface area (Å²) in [7, 11) is 6.62. The van der Waals surface area contributed by atoms with Crippen LogP contribution >= 0.6 is 0 Å². The number of aromatic nitrogens is 3. The average molecular weight is 436 g/mol. The van der Waals surface area contributed by atoms with E-state index in [1.54, 1.807) is 7.11 Å². The molecule has 0 fully saturated rings. The number of hydrogen-bond donors (Lipinski definition) is 2. The third-order valence-corrected chi connectivity index (χ3v) is 5.17. The number of fused-ring (bicyclic) bond motifs is 3. The summed E-state index contributed by atoms with van der Waals surface area (Å²) in [6, 6.07) is 8.11. The summed E-state index contributed by atoms with van der Waals surface area (Å²) in [5.74, 6) is 1.51. The second-order valence-corrected chi connectivity index (χ2v) is 8.14. The molecule has 0 aliphatic carbocycles. The van der Waals surface area contributed by atoms with Crippen molar-refractivity contribution in [2.24, 2.45) is 0 Å². The van der Waals surface area contributed by atoms with E-state index in [0.717, 1.165) is 64.4 Å². The van der Waals surface area contributed by atoms with Gasteiger partial charge in [-0.2, -0.15) is 0 Å². The highest BCUT2D eigenvalue weighted by Gasteiger charge is 2.16. The lowest BCUT2D eigenvalue weighted by Crippen LogP contribution is -2.13. The lowest BCUT2D eigenvalue weighted by atomic mass is 10.2. The van der Waals surface area contributed by atoms with E-state index >= 15 is 0 Å². The van der Waals surface area contributed by atoms with Crippen molar-refractivity contribution in [2.75, 3.05) is 47.1 Å². The number of rotatable bonds is 9. The van der Waals surface area contributed by atoms with E-state index in [9.17, 15) is 8.76 Å². The van der Waals surface area contributed by atoms with Crippen molar-refractivity contribution in [3.8, 4) is 0 Å². The number of para-hydroxylation sites is 1. The summed E-state index contributed by atoms with van der Waals surface area (Å²) >= 11 is -2.03. The molecule has 2 heterocycles. The van der Waals surface area contributed by atoms with Crippen LogP contribution in [-0.4, -0.2) is 69.0 Å². The fourth-order valence-corrected chi connectivity index (χ4v) is 3.10. The number of nitrogens with one attached hydrogen (secondary N) is 1. The lowest BCUT2D eigenvalue weighted by molar-refractivity contribution is 0.199. The Labute approximate surface area is 180 Å². The summed E-state index contributed by atoms with van der Waals surface area (Å²) in [5, 5.41) is 4.30. The molecule has 3 N–H and O–H groups in total.